The first-order chi connectivity index (χ1) is 19.3. The Labute approximate surface area is 233 Å². The molecule has 1 aliphatic carbocycles. The van der Waals surface area contributed by atoms with Gasteiger partial charge in [-0.05, 0) is 61.6 Å². The van der Waals surface area contributed by atoms with E-state index in [4.69, 9.17) is 14.2 Å². The Kier molecular flexibility index (Phi) is 7.49. The molecule has 1 saturated carbocycles. The van der Waals surface area contributed by atoms with Gasteiger partial charge in [-0.2, -0.15) is 0 Å². The molecular formula is C29H25F2N3O5S. The summed E-state index contributed by atoms with van der Waals surface area (Å²) >= 11 is 1.40. The zero-order chi connectivity index (χ0) is 28.4. The fraction of sp³-hybridized carbons (Fsp3) is 0.207. The lowest BCUT2D eigenvalue weighted by molar-refractivity contribution is -0.131. The van der Waals surface area contributed by atoms with Crippen LogP contribution in [0.25, 0.3) is 10.9 Å². The normalized spacial score (nSPS) is 13.4. The van der Waals surface area contributed by atoms with Crippen LogP contribution < -0.4 is 24.8 Å². The van der Waals surface area contributed by atoms with Crippen LogP contribution in [0.15, 0.2) is 65.7 Å². The highest BCUT2D eigenvalue weighted by Gasteiger charge is 2.56. The van der Waals surface area contributed by atoms with E-state index < -0.39 is 28.9 Å². The third-order valence-electron chi connectivity index (χ3n) is 6.59. The number of nitrogens with zero attached hydrogens (tertiary/aromatic N) is 1. The van der Waals surface area contributed by atoms with E-state index >= 15 is 4.39 Å². The largest absolute Gasteiger partial charge is 0.493 e. The summed E-state index contributed by atoms with van der Waals surface area (Å²) in [6.07, 6.45) is 2.55. The Hall–Kier alpha value is -4.38. The lowest BCUT2D eigenvalue weighted by Gasteiger charge is -2.16. The topological polar surface area (TPSA) is 98.8 Å². The van der Waals surface area contributed by atoms with E-state index in [0.717, 1.165) is 6.07 Å². The third-order valence-corrected chi connectivity index (χ3v) is 7.22. The molecule has 1 fully saturated rings. The molecule has 2 amide bonds. The first kappa shape index (κ1) is 27.2. The minimum Gasteiger partial charge on any atom is -0.493 e. The second kappa shape index (κ2) is 11.0. The molecule has 0 radical (unpaired) electrons. The van der Waals surface area contributed by atoms with Gasteiger partial charge < -0.3 is 24.8 Å². The summed E-state index contributed by atoms with van der Waals surface area (Å²) in [5.41, 5.74) is -0.143. The number of carbonyl (C=O) groups is 2. The SMILES string of the molecule is COc1cc2nc(SC)cc(Oc3ccc(NC(=O)C4(C(=O)Nc5ccc(F)cc5)CC4)cc3F)c2cc1OC. The smallest absolute Gasteiger partial charge is 0.240 e. The molecule has 3 aromatic carbocycles. The number of rotatable bonds is 9. The lowest BCUT2D eigenvalue weighted by Crippen LogP contribution is -2.35. The highest BCUT2D eigenvalue weighted by molar-refractivity contribution is 7.98. The number of anilines is 2. The minimum absolute atomic E-state index is 0.0671. The molecule has 1 heterocycles. The lowest BCUT2D eigenvalue weighted by atomic mass is 10.0. The van der Waals surface area contributed by atoms with Gasteiger partial charge in [0.05, 0.1) is 19.7 Å². The van der Waals surface area contributed by atoms with Crippen molar-refractivity contribution < 1.29 is 32.6 Å². The van der Waals surface area contributed by atoms with Crippen molar-refractivity contribution in [2.75, 3.05) is 31.1 Å². The first-order valence-electron chi connectivity index (χ1n) is 12.2. The summed E-state index contributed by atoms with van der Waals surface area (Å²) in [4.78, 5) is 30.4. The number of thioether (sulfide) groups is 1. The molecule has 0 atom stereocenters. The van der Waals surface area contributed by atoms with E-state index in [2.05, 4.69) is 15.6 Å². The number of benzene rings is 3. The van der Waals surface area contributed by atoms with Crippen LogP contribution in [0.5, 0.6) is 23.0 Å². The molecule has 1 aliphatic rings. The van der Waals surface area contributed by atoms with Crippen molar-refractivity contribution >= 4 is 45.9 Å². The molecule has 40 heavy (non-hydrogen) atoms. The molecule has 5 rings (SSSR count). The molecule has 0 unspecified atom stereocenters. The molecular weight excluding hydrogens is 540 g/mol. The van der Waals surface area contributed by atoms with Crippen LogP contribution in [0.2, 0.25) is 0 Å². The molecule has 2 N–H and O–H groups in total. The van der Waals surface area contributed by atoms with Gasteiger partial charge in [-0.3, -0.25) is 9.59 Å². The Morgan fingerprint density at radius 1 is 0.825 bits per heavy atom. The van der Waals surface area contributed by atoms with Crippen LogP contribution in [0.4, 0.5) is 20.2 Å². The van der Waals surface area contributed by atoms with Gasteiger partial charge in [-0.15, -0.1) is 11.8 Å². The van der Waals surface area contributed by atoms with Crippen molar-refractivity contribution in [3.8, 4) is 23.0 Å². The van der Waals surface area contributed by atoms with Crippen molar-refractivity contribution in [1.82, 2.24) is 4.98 Å². The van der Waals surface area contributed by atoms with Crippen LogP contribution in [-0.4, -0.2) is 37.3 Å². The Balaban J connectivity index is 1.34. The fourth-order valence-corrected chi connectivity index (χ4v) is 4.60. The number of hydrogen-bond donors (Lipinski definition) is 2. The Morgan fingerprint density at radius 3 is 2.05 bits per heavy atom. The number of nitrogens with one attached hydrogen (secondary N) is 2. The van der Waals surface area contributed by atoms with Gasteiger partial charge in [0.15, 0.2) is 23.1 Å². The standard InChI is InChI=1S/C29H25F2N3O5S/c1-37-24-13-19-21(14-25(24)38-2)34-26(40-3)15-23(19)39-22-9-8-18(12-20(22)31)33-28(36)29(10-11-29)27(35)32-17-6-4-16(30)5-7-17/h4-9,12-15H,10-11H2,1-3H3,(H,32,35)(H,33,36). The van der Waals surface area contributed by atoms with Crippen LogP contribution in [0.1, 0.15) is 12.8 Å². The van der Waals surface area contributed by atoms with E-state index in [1.54, 1.807) is 18.2 Å². The van der Waals surface area contributed by atoms with Crippen LogP contribution in [-0.2, 0) is 9.59 Å². The first-order valence-corrected chi connectivity index (χ1v) is 13.5. The number of carbonyl (C=O) groups excluding carboxylic acids is 2. The molecule has 206 valence electrons. The molecule has 8 nitrogen and oxygen atoms in total. The highest BCUT2D eigenvalue weighted by atomic mass is 32.2. The maximum absolute atomic E-state index is 15.2. The maximum atomic E-state index is 15.2. The summed E-state index contributed by atoms with van der Waals surface area (Å²) < 4.78 is 45.1. The number of pyridine rings is 1. The number of aromatic nitrogens is 1. The Morgan fingerprint density at radius 2 is 1.45 bits per heavy atom. The number of ether oxygens (including phenoxy) is 3. The number of amides is 2. The van der Waals surface area contributed by atoms with Gasteiger partial charge in [0.2, 0.25) is 11.8 Å². The van der Waals surface area contributed by atoms with Crippen molar-refractivity contribution in [2.45, 2.75) is 17.9 Å². The fourth-order valence-electron chi connectivity index (χ4n) is 4.18. The average molecular weight is 566 g/mol. The summed E-state index contributed by atoms with van der Waals surface area (Å²) in [7, 11) is 3.04. The predicted octanol–water partition coefficient (Wildman–Crippen LogP) is 6.40. The van der Waals surface area contributed by atoms with Crippen LogP contribution >= 0.6 is 11.8 Å². The zero-order valence-corrected chi connectivity index (χ0v) is 22.7. The molecule has 0 bridgehead atoms. The summed E-state index contributed by atoms with van der Waals surface area (Å²) in [6.45, 7) is 0. The number of hydrogen-bond acceptors (Lipinski definition) is 7. The predicted molar refractivity (Wildman–Crippen MR) is 148 cm³/mol. The van der Waals surface area contributed by atoms with Crippen LogP contribution in [0, 0.1) is 17.0 Å². The van der Waals surface area contributed by atoms with Crippen molar-refractivity contribution in [2.24, 2.45) is 5.41 Å². The summed E-state index contributed by atoms with van der Waals surface area (Å²) in [6, 6.07) is 14.4. The van der Waals surface area contributed by atoms with E-state index in [0.29, 0.717) is 51.7 Å². The summed E-state index contributed by atoms with van der Waals surface area (Å²) in [5, 5.41) is 6.52. The molecule has 0 spiro atoms. The number of fused-ring (bicyclic) bond motifs is 1. The van der Waals surface area contributed by atoms with Crippen molar-refractivity contribution in [3.05, 3.63) is 72.3 Å². The van der Waals surface area contributed by atoms with Gasteiger partial charge >= 0.3 is 0 Å². The van der Waals surface area contributed by atoms with Gasteiger partial charge in [0.1, 0.15) is 22.0 Å². The van der Waals surface area contributed by atoms with Gasteiger partial charge in [-0.1, -0.05) is 0 Å². The van der Waals surface area contributed by atoms with Crippen molar-refractivity contribution in [3.63, 3.8) is 0 Å². The van der Waals surface area contributed by atoms with E-state index in [1.807, 2.05) is 6.26 Å². The quantitative estimate of drug-likeness (QED) is 0.179. The second-order valence-corrected chi connectivity index (χ2v) is 9.96. The monoisotopic (exact) mass is 565 g/mol. The van der Waals surface area contributed by atoms with Crippen LogP contribution in [0.3, 0.4) is 0 Å². The second-order valence-electron chi connectivity index (χ2n) is 9.13. The average Bonchev–Trinajstić information content (AvgIpc) is 3.77. The van der Waals surface area contributed by atoms with E-state index in [1.165, 1.54) is 62.4 Å². The minimum atomic E-state index is -1.27. The van der Waals surface area contributed by atoms with Gasteiger partial charge in [0.25, 0.3) is 0 Å². The maximum Gasteiger partial charge on any atom is 0.240 e. The number of methoxy groups -OCH3 is 2. The van der Waals surface area contributed by atoms with E-state index in [9.17, 15) is 14.0 Å². The number of halogens is 2. The Bertz CT molecular complexity index is 1610. The van der Waals surface area contributed by atoms with Crippen molar-refractivity contribution in [1.29, 1.82) is 0 Å². The zero-order valence-electron chi connectivity index (χ0n) is 21.8. The molecule has 0 saturated heterocycles. The van der Waals surface area contributed by atoms with E-state index in [-0.39, 0.29) is 11.4 Å². The molecule has 1 aromatic heterocycles. The molecule has 0 aliphatic heterocycles. The summed E-state index contributed by atoms with van der Waals surface area (Å²) in [5.74, 6) is -0.943. The van der Waals surface area contributed by atoms with Gasteiger partial charge in [0, 0.05) is 35.0 Å². The third kappa shape index (κ3) is 5.37. The molecule has 4 aromatic rings. The van der Waals surface area contributed by atoms with Gasteiger partial charge in [-0.25, -0.2) is 13.8 Å². The highest BCUT2D eigenvalue weighted by Crippen LogP contribution is 2.48. The molecule has 11 heteroatoms.